The van der Waals surface area contributed by atoms with Crippen molar-refractivity contribution in [3.8, 4) is 5.75 Å². The maximum absolute atomic E-state index is 11.8. The molecule has 0 aliphatic carbocycles. The Labute approximate surface area is 147 Å². The number of hydrogen-bond donors (Lipinski definition) is 1. The third kappa shape index (κ3) is 7.08. The number of carbonyl (C=O) groups is 1. The van der Waals surface area contributed by atoms with E-state index in [1.807, 2.05) is 25.2 Å². The molecule has 0 saturated heterocycles. The van der Waals surface area contributed by atoms with Gasteiger partial charge in [0, 0.05) is 12.1 Å². The summed E-state index contributed by atoms with van der Waals surface area (Å²) in [6, 6.07) is 1.72. The van der Waals surface area contributed by atoms with E-state index in [4.69, 9.17) is 14.3 Å². The van der Waals surface area contributed by atoms with Crippen LogP contribution in [0.25, 0.3) is 5.57 Å². The van der Waals surface area contributed by atoms with Crippen molar-refractivity contribution in [1.29, 1.82) is 0 Å². The van der Waals surface area contributed by atoms with Gasteiger partial charge in [0.2, 0.25) is 0 Å². The number of aliphatic carboxylic acids is 1. The smallest absolute Gasteiger partial charge is 0.342 e. The molecule has 0 saturated carbocycles. The van der Waals surface area contributed by atoms with E-state index >= 15 is 0 Å². The first-order valence-electron chi connectivity index (χ1n) is 7.95. The van der Waals surface area contributed by atoms with Crippen LogP contribution in [0, 0.1) is 12.8 Å². The lowest BCUT2D eigenvalue weighted by atomic mass is 10.0. The summed E-state index contributed by atoms with van der Waals surface area (Å²) in [7, 11) is 1.52. The van der Waals surface area contributed by atoms with E-state index in [-0.39, 0.29) is 5.92 Å². The molecular formula is C20H24O5. The summed E-state index contributed by atoms with van der Waals surface area (Å²) in [4.78, 5) is 22.1. The van der Waals surface area contributed by atoms with E-state index in [9.17, 15) is 9.59 Å². The van der Waals surface area contributed by atoms with Gasteiger partial charge in [0.15, 0.2) is 0 Å². The van der Waals surface area contributed by atoms with Gasteiger partial charge in [0.25, 0.3) is 0 Å². The van der Waals surface area contributed by atoms with Crippen molar-refractivity contribution in [1.82, 2.24) is 0 Å². The van der Waals surface area contributed by atoms with Crippen molar-refractivity contribution in [3.05, 3.63) is 70.3 Å². The highest BCUT2D eigenvalue weighted by molar-refractivity contribution is 5.80. The minimum atomic E-state index is -0.970. The van der Waals surface area contributed by atoms with Gasteiger partial charge in [-0.05, 0) is 31.8 Å². The molecule has 134 valence electrons. The molecule has 5 nitrogen and oxygen atoms in total. The van der Waals surface area contributed by atoms with Crippen molar-refractivity contribution >= 4 is 11.5 Å². The van der Waals surface area contributed by atoms with E-state index in [0.717, 1.165) is 18.1 Å². The van der Waals surface area contributed by atoms with Crippen LogP contribution in [0.15, 0.2) is 57.8 Å². The van der Waals surface area contributed by atoms with Gasteiger partial charge in [-0.15, -0.1) is 0 Å². The zero-order chi connectivity index (χ0) is 18.8. The Kier molecular flexibility index (Phi) is 8.19. The number of rotatable bonds is 8. The van der Waals surface area contributed by atoms with E-state index < -0.39 is 11.6 Å². The van der Waals surface area contributed by atoms with Crippen molar-refractivity contribution in [3.63, 3.8) is 0 Å². The lowest BCUT2D eigenvalue weighted by Gasteiger charge is -2.08. The summed E-state index contributed by atoms with van der Waals surface area (Å²) in [5, 5.41) is 8.45. The van der Waals surface area contributed by atoms with E-state index in [2.05, 4.69) is 6.92 Å². The molecule has 0 radical (unpaired) electrons. The van der Waals surface area contributed by atoms with Gasteiger partial charge >= 0.3 is 11.6 Å². The fraction of sp³-hybridized carbons (Fsp3) is 0.300. The highest BCUT2D eigenvalue weighted by Crippen LogP contribution is 2.22. The Morgan fingerprint density at radius 1 is 1.32 bits per heavy atom. The molecule has 0 aliphatic heterocycles. The van der Waals surface area contributed by atoms with Gasteiger partial charge in [-0.2, -0.15) is 0 Å². The Morgan fingerprint density at radius 3 is 2.64 bits per heavy atom. The van der Waals surface area contributed by atoms with E-state index in [1.54, 1.807) is 25.1 Å². The molecular weight excluding hydrogens is 320 g/mol. The highest BCUT2D eigenvalue weighted by atomic mass is 16.5. The molecule has 0 aliphatic rings. The molecule has 1 aromatic heterocycles. The molecule has 0 bridgehead atoms. The summed E-state index contributed by atoms with van der Waals surface area (Å²) in [5.41, 5.74) is 0.934. The molecule has 1 heterocycles. The minimum Gasteiger partial charge on any atom is -0.496 e. The molecule has 1 aromatic rings. The van der Waals surface area contributed by atoms with Crippen LogP contribution < -0.4 is 10.4 Å². The molecule has 1 rings (SSSR count). The SMILES string of the molecule is COc1cc(/C(C)=C/C(C)C/C=C/C=C/C=C/C(=O)O)oc(=O)c1C. The fourth-order valence-corrected chi connectivity index (χ4v) is 2.16. The fourth-order valence-electron chi connectivity index (χ4n) is 2.16. The van der Waals surface area contributed by atoms with Crippen molar-refractivity contribution in [2.24, 2.45) is 5.92 Å². The van der Waals surface area contributed by atoms with Crippen molar-refractivity contribution < 1.29 is 19.1 Å². The largest absolute Gasteiger partial charge is 0.496 e. The number of carboxylic acid groups (broad SMARTS) is 1. The molecule has 25 heavy (non-hydrogen) atoms. The molecule has 1 unspecified atom stereocenters. The number of methoxy groups -OCH3 is 1. The number of allylic oxidation sites excluding steroid dienone is 7. The molecule has 1 atom stereocenters. The van der Waals surface area contributed by atoms with Gasteiger partial charge < -0.3 is 14.3 Å². The minimum absolute atomic E-state index is 0.247. The Balaban J connectivity index is 2.71. The molecule has 0 aromatic carbocycles. The zero-order valence-corrected chi connectivity index (χ0v) is 15.0. The van der Waals surface area contributed by atoms with Crippen molar-refractivity contribution in [2.75, 3.05) is 7.11 Å². The van der Waals surface area contributed by atoms with Crippen LogP contribution in [-0.4, -0.2) is 18.2 Å². The first-order chi connectivity index (χ1) is 11.8. The summed E-state index contributed by atoms with van der Waals surface area (Å²) >= 11 is 0. The van der Waals surface area contributed by atoms with Crippen LogP contribution >= 0.6 is 0 Å². The Morgan fingerprint density at radius 2 is 2.00 bits per heavy atom. The first-order valence-corrected chi connectivity index (χ1v) is 7.95. The van der Waals surface area contributed by atoms with Crippen LogP contribution in [0.3, 0.4) is 0 Å². The predicted octanol–water partition coefficient (Wildman–Crippen LogP) is 4.14. The topological polar surface area (TPSA) is 76.7 Å². The molecule has 5 heteroatoms. The summed E-state index contributed by atoms with van der Waals surface area (Å²) in [5.74, 6) is 0.298. The number of carboxylic acids is 1. The number of ether oxygens (including phenoxy) is 1. The van der Waals surface area contributed by atoms with E-state index in [0.29, 0.717) is 17.1 Å². The monoisotopic (exact) mass is 344 g/mol. The summed E-state index contributed by atoms with van der Waals surface area (Å²) in [6.07, 6.45) is 12.7. The second kappa shape index (κ2) is 10.1. The zero-order valence-electron chi connectivity index (χ0n) is 15.0. The molecule has 1 N–H and O–H groups in total. The van der Waals surface area contributed by atoms with Crippen molar-refractivity contribution in [2.45, 2.75) is 27.2 Å². The van der Waals surface area contributed by atoms with Crippen LogP contribution in [0.4, 0.5) is 0 Å². The average molecular weight is 344 g/mol. The number of hydrogen-bond acceptors (Lipinski definition) is 4. The van der Waals surface area contributed by atoms with Crippen LogP contribution in [0.1, 0.15) is 31.6 Å². The predicted molar refractivity (Wildman–Crippen MR) is 98.8 cm³/mol. The lowest BCUT2D eigenvalue weighted by Crippen LogP contribution is -2.07. The second-order valence-electron chi connectivity index (χ2n) is 5.66. The third-order valence-electron chi connectivity index (χ3n) is 3.50. The van der Waals surface area contributed by atoms with E-state index in [1.165, 1.54) is 13.2 Å². The van der Waals surface area contributed by atoms with Gasteiger partial charge in [0.05, 0.1) is 12.7 Å². The van der Waals surface area contributed by atoms with Gasteiger partial charge in [0.1, 0.15) is 11.5 Å². The molecule has 0 spiro atoms. The van der Waals surface area contributed by atoms with Crippen LogP contribution in [-0.2, 0) is 4.79 Å². The Bertz CT molecular complexity index is 763. The first kappa shape index (κ1) is 20.2. The Hall–Kier alpha value is -2.82. The quantitative estimate of drug-likeness (QED) is 0.566. The third-order valence-corrected chi connectivity index (χ3v) is 3.50. The summed E-state index contributed by atoms with van der Waals surface area (Å²) < 4.78 is 10.5. The summed E-state index contributed by atoms with van der Waals surface area (Å²) in [6.45, 7) is 5.62. The van der Waals surface area contributed by atoms with Gasteiger partial charge in [-0.25, -0.2) is 9.59 Å². The maximum Gasteiger partial charge on any atom is 0.342 e. The molecule has 0 fully saturated rings. The lowest BCUT2D eigenvalue weighted by molar-refractivity contribution is -0.131. The molecule has 0 amide bonds. The second-order valence-corrected chi connectivity index (χ2v) is 5.66. The maximum atomic E-state index is 11.8. The highest BCUT2D eigenvalue weighted by Gasteiger charge is 2.10. The van der Waals surface area contributed by atoms with Gasteiger partial charge in [-0.3, -0.25) is 0 Å². The average Bonchev–Trinajstić information content (AvgIpc) is 2.55. The normalized spacial score (nSPS) is 13.8. The van der Waals surface area contributed by atoms with Crippen LogP contribution in [0.5, 0.6) is 5.75 Å². The standard InChI is InChI=1S/C20H24O5/c1-14(10-8-6-5-7-9-11-19(21)22)12-15(2)17-13-18(24-4)16(3)20(23)25-17/h5-9,11-14H,10H2,1-4H3,(H,21,22)/b7-5+,8-6+,11-9+,15-12+. The van der Waals surface area contributed by atoms with Gasteiger partial charge in [-0.1, -0.05) is 43.4 Å². The van der Waals surface area contributed by atoms with Crippen LogP contribution in [0.2, 0.25) is 0 Å².